The Morgan fingerprint density at radius 1 is 1.29 bits per heavy atom. The van der Waals surface area contributed by atoms with Crippen LogP contribution in [0.1, 0.15) is 42.7 Å². The molecule has 0 radical (unpaired) electrons. The minimum atomic E-state index is 0.0924. The topological polar surface area (TPSA) is 74.3 Å². The van der Waals surface area contributed by atoms with Crippen LogP contribution in [0.5, 0.6) is 0 Å². The molecule has 1 N–H and O–H groups in total. The highest BCUT2D eigenvalue weighted by molar-refractivity contribution is 5.73. The lowest BCUT2D eigenvalue weighted by Crippen LogP contribution is -2.43. The molecule has 21 heavy (non-hydrogen) atoms. The maximum atomic E-state index is 11.9. The third-order valence-electron chi connectivity index (χ3n) is 4.35. The lowest BCUT2D eigenvalue weighted by atomic mass is 9.96. The quantitative estimate of drug-likeness (QED) is 0.888. The molecule has 2 amide bonds. The number of rotatable bonds is 2. The van der Waals surface area contributed by atoms with E-state index in [0.717, 1.165) is 57.2 Å². The molecule has 7 nitrogen and oxygen atoms in total. The fourth-order valence-corrected chi connectivity index (χ4v) is 3.02. The molecule has 3 heterocycles. The Bertz CT molecular complexity index is 487. The van der Waals surface area contributed by atoms with Gasteiger partial charge in [-0.25, -0.2) is 9.78 Å². The average Bonchev–Trinajstić information content (AvgIpc) is 3.17. The number of nitrogens with zero attached hydrogens (tertiary/aromatic N) is 4. The van der Waals surface area contributed by atoms with Crippen LogP contribution in [0.4, 0.5) is 4.79 Å². The van der Waals surface area contributed by atoms with Crippen LogP contribution < -0.4 is 0 Å². The molecule has 0 aliphatic carbocycles. The monoisotopic (exact) mass is 293 g/mol. The van der Waals surface area contributed by atoms with Crippen molar-refractivity contribution in [1.29, 1.82) is 0 Å². The number of piperidine rings is 1. The number of urea groups is 1. The van der Waals surface area contributed by atoms with E-state index in [2.05, 4.69) is 15.2 Å². The largest absolute Gasteiger partial charge is 0.381 e. The van der Waals surface area contributed by atoms with E-state index in [-0.39, 0.29) is 6.03 Å². The molecule has 7 heteroatoms. The molecule has 0 spiro atoms. The smallest absolute Gasteiger partial charge is 0.319 e. The van der Waals surface area contributed by atoms with Crippen LogP contribution in [0, 0.1) is 0 Å². The van der Waals surface area contributed by atoms with Crippen molar-refractivity contribution >= 4 is 6.03 Å². The Labute approximate surface area is 124 Å². The van der Waals surface area contributed by atoms with Gasteiger partial charge in [0.15, 0.2) is 5.82 Å². The first-order valence-electron chi connectivity index (χ1n) is 7.61. The minimum Gasteiger partial charge on any atom is -0.381 e. The van der Waals surface area contributed by atoms with Crippen LogP contribution in [0.15, 0.2) is 0 Å². The second-order valence-electron chi connectivity index (χ2n) is 6.08. The van der Waals surface area contributed by atoms with Crippen LogP contribution in [0.25, 0.3) is 0 Å². The van der Waals surface area contributed by atoms with E-state index in [1.807, 2.05) is 4.90 Å². The van der Waals surface area contributed by atoms with Crippen LogP contribution >= 0.6 is 0 Å². The van der Waals surface area contributed by atoms with Crippen molar-refractivity contribution in [3.8, 4) is 0 Å². The van der Waals surface area contributed by atoms with Gasteiger partial charge in [0.2, 0.25) is 0 Å². The van der Waals surface area contributed by atoms with Gasteiger partial charge in [0.1, 0.15) is 5.82 Å². The highest BCUT2D eigenvalue weighted by Crippen LogP contribution is 2.28. The van der Waals surface area contributed by atoms with Gasteiger partial charge in [0.25, 0.3) is 0 Å². The predicted octanol–water partition coefficient (Wildman–Crippen LogP) is 1.17. The summed E-state index contributed by atoms with van der Waals surface area (Å²) < 4.78 is 5.39. The number of hydrogen-bond donors (Lipinski definition) is 1. The Morgan fingerprint density at radius 3 is 2.67 bits per heavy atom. The molecule has 0 saturated carbocycles. The van der Waals surface area contributed by atoms with Crippen molar-refractivity contribution < 1.29 is 9.53 Å². The molecule has 0 bridgehead atoms. The van der Waals surface area contributed by atoms with E-state index in [9.17, 15) is 4.79 Å². The molecule has 1 aromatic rings. The first-order valence-corrected chi connectivity index (χ1v) is 7.61. The summed E-state index contributed by atoms with van der Waals surface area (Å²) in [5.41, 5.74) is 0. The Hall–Kier alpha value is -1.63. The number of H-pyrrole nitrogens is 1. The number of carbonyl (C=O) groups excluding carboxylic acids is 1. The van der Waals surface area contributed by atoms with Crippen molar-refractivity contribution in [2.45, 2.75) is 31.1 Å². The fraction of sp³-hybridized carbons (Fsp3) is 0.786. The lowest BCUT2D eigenvalue weighted by Gasteiger charge is -2.32. The van der Waals surface area contributed by atoms with Crippen molar-refractivity contribution in [3.63, 3.8) is 0 Å². The molecule has 2 aliphatic rings. The summed E-state index contributed by atoms with van der Waals surface area (Å²) in [6, 6.07) is 0.0924. The van der Waals surface area contributed by atoms with Crippen molar-refractivity contribution in [1.82, 2.24) is 25.0 Å². The molecule has 1 aromatic heterocycles. The maximum absolute atomic E-state index is 11.9. The van der Waals surface area contributed by atoms with Gasteiger partial charge >= 0.3 is 6.03 Å². The number of aromatic amines is 1. The Kier molecular flexibility index (Phi) is 4.10. The van der Waals surface area contributed by atoms with E-state index in [1.54, 1.807) is 19.0 Å². The molecule has 2 saturated heterocycles. The normalized spacial score (nSPS) is 23.5. The number of hydrogen-bond acceptors (Lipinski definition) is 4. The molecule has 3 rings (SSSR count). The van der Waals surface area contributed by atoms with Crippen LogP contribution in [0.2, 0.25) is 0 Å². The molecule has 116 valence electrons. The van der Waals surface area contributed by atoms with Gasteiger partial charge in [-0.3, -0.25) is 5.10 Å². The van der Waals surface area contributed by atoms with Gasteiger partial charge in [-0.1, -0.05) is 0 Å². The molecular weight excluding hydrogens is 270 g/mol. The van der Waals surface area contributed by atoms with Crippen molar-refractivity contribution in [3.05, 3.63) is 11.6 Å². The van der Waals surface area contributed by atoms with Gasteiger partial charge < -0.3 is 14.5 Å². The molecule has 2 aliphatic heterocycles. The van der Waals surface area contributed by atoms with Gasteiger partial charge in [0, 0.05) is 45.6 Å². The van der Waals surface area contributed by atoms with E-state index >= 15 is 0 Å². The zero-order chi connectivity index (χ0) is 14.8. The lowest BCUT2D eigenvalue weighted by molar-refractivity contribution is 0.155. The molecule has 2 fully saturated rings. The highest BCUT2D eigenvalue weighted by Gasteiger charge is 2.28. The van der Waals surface area contributed by atoms with E-state index < -0.39 is 0 Å². The van der Waals surface area contributed by atoms with Crippen LogP contribution in [0.3, 0.4) is 0 Å². The summed E-state index contributed by atoms with van der Waals surface area (Å²) in [4.78, 5) is 20.1. The summed E-state index contributed by atoms with van der Waals surface area (Å²) in [5, 5.41) is 7.44. The molecular formula is C14H23N5O2. The molecule has 1 atom stereocenters. The number of ether oxygens (including phenoxy) is 1. The number of amides is 2. The number of likely N-dealkylation sites (tertiary alicyclic amines) is 1. The van der Waals surface area contributed by atoms with Gasteiger partial charge in [0.05, 0.1) is 6.61 Å². The Morgan fingerprint density at radius 2 is 2.05 bits per heavy atom. The second-order valence-corrected chi connectivity index (χ2v) is 6.08. The summed E-state index contributed by atoms with van der Waals surface area (Å²) in [6.45, 7) is 3.10. The van der Waals surface area contributed by atoms with Crippen molar-refractivity contribution in [2.24, 2.45) is 0 Å². The zero-order valence-corrected chi connectivity index (χ0v) is 12.7. The fourth-order valence-electron chi connectivity index (χ4n) is 3.02. The minimum absolute atomic E-state index is 0.0924. The summed E-state index contributed by atoms with van der Waals surface area (Å²) in [5.74, 6) is 2.56. The van der Waals surface area contributed by atoms with Gasteiger partial charge in [-0.2, -0.15) is 5.10 Å². The second kappa shape index (κ2) is 6.01. The van der Waals surface area contributed by atoms with Crippen molar-refractivity contribution in [2.75, 3.05) is 40.4 Å². The SMILES string of the molecule is CN(C)C(=O)N1CCC(c2nc([C@@H]3CCOC3)n[nH]2)CC1. The average molecular weight is 293 g/mol. The molecule has 0 aromatic carbocycles. The Balaban J connectivity index is 1.58. The van der Waals surface area contributed by atoms with Crippen LogP contribution in [-0.4, -0.2) is 71.4 Å². The van der Waals surface area contributed by atoms with Gasteiger partial charge in [-0.15, -0.1) is 0 Å². The third kappa shape index (κ3) is 3.02. The summed E-state index contributed by atoms with van der Waals surface area (Å²) in [7, 11) is 3.58. The van der Waals surface area contributed by atoms with E-state index in [1.165, 1.54) is 0 Å². The highest BCUT2D eigenvalue weighted by atomic mass is 16.5. The van der Waals surface area contributed by atoms with Crippen LogP contribution in [-0.2, 0) is 4.74 Å². The summed E-state index contributed by atoms with van der Waals surface area (Å²) in [6.07, 6.45) is 2.89. The third-order valence-corrected chi connectivity index (χ3v) is 4.35. The summed E-state index contributed by atoms with van der Waals surface area (Å²) >= 11 is 0. The number of carbonyl (C=O) groups is 1. The predicted molar refractivity (Wildman–Crippen MR) is 77.2 cm³/mol. The van der Waals surface area contributed by atoms with E-state index in [4.69, 9.17) is 4.74 Å². The maximum Gasteiger partial charge on any atom is 0.319 e. The van der Waals surface area contributed by atoms with E-state index in [0.29, 0.717) is 11.8 Å². The number of nitrogens with one attached hydrogen (secondary N) is 1. The first kappa shape index (κ1) is 14.3. The number of aromatic nitrogens is 3. The zero-order valence-electron chi connectivity index (χ0n) is 12.7. The molecule has 0 unspecified atom stereocenters. The standard InChI is InChI=1S/C14H23N5O2/c1-18(2)14(20)19-6-3-10(4-7-19)12-15-13(17-16-12)11-5-8-21-9-11/h10-11H,3-9H2,1-2H3,(H,15,16,17)/t11-/m1/s1. The first-order chi connectivity index (χ1) is 10.1. The van der Waals surface area contributed by atoms with Gasteiger partial charge in [-0.05, 0) is 19.3 Å².